The van der Waals surface area contributed by atoms with Gasteiger partial charge in [-0.15, -0.1) is 0 Å². The predicted molar refractivity (Wildman–Crippen MR) is 91.6 cm³/mol. The Labute approximate surface area is 131 Å². The van der Waals surface area contributed by atoms with Gasteiger partial charge in [0.15, 0.2) is 0 Å². The maximum Gasteiger partial charge on any atom is 0.0521 e. The van der Waals surface area contributed by atoms with Crippen LogP contribution in [0.15, 0.2) is 12.4 Å². The predicted octanol–water partition coefficient (Wildman–Crippen LogP) is 4.47. The molecular formula is C18H35N3. The summed E-state index contributed by atoms with van der Waals surface area (Å²) in [4.78, 5) is 0. The summed E-state index contributed by atoms with van der Waals surface area (Å²) in [5.41, 5.74) is 1.36. The van der Waals surface area contributed by atoms with Crippen molar-refractivity contribution in [3.63, 3.8) is 0 Å². The maximum atomic E-state index is 4.25. The molecule has 1 heterocycles. The van der Waals surface area contributed by atoms with Crippen molar-refractivity contribution in [2.45, 2.75) is 84.1 Å². The molecule has 0 saturated carbocycles. The fourth-order valence-electron chi connectivity index (χ4n) is 2.93. The summed E-state index contributed by atoms with van der Waals surface area (Å²) in [6.45, 7) is 5.57. The van der Waals surface area contributed by atoms with Crippen molar-refractivity contribution in [3.05, 3.63) is 18.0 Å². The van der Waals surface area contributed by atoms with Crippen molar-refractivity contribution in [1.29, 1.82) is 0 Å². The lowest BCUT2D eigenvalue weighted by Crippen LogP contribution is -2.29. The van der Waals surface area contributed by atoms with Crippen LogP contribution < -0.4 is 5.32 Å². The molecule has 122 valence electrons. The molecule has 1 rings (SSSR count). The molecule has 1 unspecified atom stereocenters. The van der Waals surface area contributed by atoms with Crippen LogP contribution in [0.1, 0.15) is 77.2 Å². The molecule has 1 aromatic rings. The van der Waals surface area contributed by atoms with E-state index < -0.39 is 0 Å². The second-order valence-electron chi connectivity index (χ2n) is 6.23. The molecule has 0 saturated heterocycles. The normalized spacial score (nSPS) is 12.7. The Hall–Kier alpha value is -0.830. The molecule has 0 amide bonds. The van der Waals surface area contributed by atoms with Crippen LogP contribution in [0, 0.1) is 0 Å². The highest BCUT2D eigenvalue weighted by molar-refractivity contribution is 5.03. The fraction of sp³-hybridized carbons (Fsp3) is 0.833. The van der Waals surface area contributed by atoms with Crippen LogP contribution in [-0.4, -0.2) is 22.4 Å². The summed E-state index contributed by atoms with van der Waals surface area (Å²) >= 11 is 0. The molecule has 0 spiro atoms. The quantitative estimate of drug-likeness (QED) is 0.544. The van der Waals surface area contributed by atoms with Gasteiger partial charge in [-0.05, 0) is 31.4 Å². The lowest BCUT2D eigenvalue weighted by Gasteiger charge is -2.17. The third-order valence-corrected chi connectivity index (χ3v) is 4.19. The van der Waals surface area contributed by atoms with Crippen molar-refractivity contribution in [1.82, 2.24) is 15.1 Å². The zero-order chi connectivity index (χ0) is 15.3. The molecule has 1 atom stereocenters. The Morgan fingerprint density at radius 1 is 1.05 bits per heavy atom. The van der Waals surface area contributed by atoms with Gasteiger partial charge in [0.2, 0.25) is 0 Å². The molecule has 0 radical (unpaired) electrons. The standard InChI is InChI=1S/C18H35N3/c1-4-6-7-8-9-10-11-12-18(19-5-2)14-13-17-15-20-21(3)16-17/h15-16,18-19H,4-14H2,1-3H3. The Kier molecular flexibility index (Phi) is 10.2. The number of hydrogen-bond acceptors (Lipinski definition) is 2. The molecule has 0 aliphatic heterocycles. The largest absolute Gasteiger partial charge is 0.314 e. The number of hydrogen-bond donors (Lipinski definition) is 1. The van der Waals surface area contributed by atoms with E-state index in [2.05, 4.69) is 30.5 Å². The first-order valence-electron chi connectivity index (χ1n) is 8.97. The molecule has 0 fully saturated rings. The van der Waals surface area contributed by atoms with E-state index in [1.54, 1.807) is 0 Å². The molecule has 0 aliphatic rings. The third-order valence-electron chi connectivity index (χ3n) is 4.19. The minimum absolute atomic E-state index is 0.672. The number of rotatable bonds is 13. The third kappa shape index (κ3) is 8.92. The zero-order valence-corrected chi connectivity index (χ0v) is 14.4. The number of nitrogens with zero attached hydrogens (tertiary/aromatic N) is 2. The van der Waals surface area contributed by atoms with E-state index in [1.165, 1.54) is 63.4 Å². The molecule has 3 heteroatoms. The Balaban J connectivity index is 2.11. The molecule has 0 aromatic carbocycles. The van der Waals surface area contributed by atoms with E-state index in [1.807, 2.05) is 17.9 Å². The lowest BCUT2D eigenvalue weighted by atomic mass is 10.0. The Bertz CT molecular complexity index is 346. The van der Waals surface area contributed by atoms with Crippen LogP contribution in [0.3, 0.4) is 0 Å². The van der Waals surface area contributed by atoms with Gasteiger partial charge in [0, 0.05) is 19.3 Å². The van der Waals surface area contributed by atoms with Gasteiger partial charge in [-0.1, -0.05) is 58.8 Å². The molecule has 0 bridgehead atoms. The summed E-state index contributed by atoms with van der Waals surface area (Å²) in [6, 6.07) is 0.672. The zero-order valence-electron chi connectivity index (χ0n) is 14.4. The van der Waals surface area contributed by atoms with Crippen LogP contribution in [0.25, 0.3) is 0 Å². The number of aryl methyl sites for hydroxylation is 2. The first-order valence-corrected chi connectivity index (χ1v) is 8.97. The van der Waals surface area contributed by atoms with E-state index >= 15 is 0 Å². The highest BCUT2D eigenvalue weighted by atomic mass is 15.2. The average molecular weight is 293 g/mol. The average Bonchev–Trinajstić information content (AvgIpc) is 2.89. The van der Waals surface area contributed by atoms with Gasteiger partial charge in [0.1, 0.15) is 0 Å². The second-order valence-corrected chi connectivity index (χ2v) is 6.23. The highest BCUT2D eigenvalue weighted by Crippen LogP contribution is 2.13. The van der Waals surface area contributed by atoms with Gasteiger partial charge in [-0.3, -0.25) is 4.68 Å². The van der Waals surface area contributed by atoms with Crippen molar-refractivity contribution in [3.8, 4) is 0 Å². The van der Waals surface area contributed by atoms with E-state index in [9.17, 15) is 0 Å². The molecule has 3 nitrogen and oxygen atoms in total. The van der Waals surface area contributed by atoms with Gasteiger partial charge >= 0.3 is 0 Å². The number of nitrogens with one attached hydrogen (secondary N) is 1. The van der Waals surface area contributed by atoms with Crippen molar-refractivity contribution in [2.24, 2.45) is 7.05 Å². The first kappa shape index (κ1) is 18.2. The molecule has 1 N–H and O–H groups in total. The van der Waals surface area contributed by atoms with Crippen molar-refractivity contribution in [2.75, 3.05) is 6.54 Å². The van der Waals surface area contributed by atoms with Gasteiger partial charge in [-0.25, -0.2) is 0 Å². The number of unbranched alkanes of at least 4 members (excludes halogenated alkanes) is 6. The lowest BCUT2D eigenvalue weighted by molar-refractivity contribution is 0.438. The van der Waals surface area contributed by atoms with E-state index in [-0.39, 0.29) is 0 Å². The minimum atomic E-state index is 0.672. The summed E-state index contributed by atoms with van der Waals surface area (Å²) in [5, 5.41) is 7.89. The van der Waals surface area contributed by atoms with Crippen LogP contribution >= 0.6 is 0 Å². The number of aromatic nitrogens is 2. The highest BCUT2D eigenvalue weighted by Gasteiger charge is 2.08. The maximum absolute atomic E-state index is 4.25. The summed E-state index contributed by atoms with van der Waals surface area (Å²) in [6.07, 6.45) is 17.6. The van der Waals surface area contributed by atoms with E-state index in [4.69, 9.17) is 0 Å². The fourth-order valence-corrected chi connectivity index (χ4v) is 2.93. The molecule has 21 heavy (non-hydrogen) atoms. The van der Waals surface area contributed by atoms with Gasteiger partial charge in [-0.2, -0.15) is 5.10 Å². The van der Waals surface area contributed by atoms with Crippen molar-refractivity contribution >= 4 is 0 Å². The summed E-state index contributed by atoms with van der Waals surface area (Å²) in [5.74, 6) is 0. The summed E-state index contributed by atoms with van der Waals surface area (Å²) < 4.78 is 1.90. The second kappa shape index (κ2) is 11.8. The van der Waals surface area contributed by atoms with Crippen LogP contribution in [0.2, 0.25) is 0 Å². The monoisotopic (exact) mass is 293 g/mol. The summed E-state index contributed by atoms with van der Waals surface area (Å²) in [7, 11) is 1.99. The minimum Gasteiger partial charge on any atom is -0.314 e. The van der Waals surface area contributed by atoms with E-state index in [0.29, 0.717) is 6.04 Å². The molecule has 1 aromatic heterocycles. The Morgan fingerprint density at radius 2 is 1.76 bits per heavy atom. The SMILES string of the molecule is CCCCCCCCCC(CCc1cnn(C)c1)NCC. The van der Waals surface area contributed by atoms with Crippen LogP contribution in [-0.2, 0) is 13.5 Å². The van der Waals surface area contributed by atoms with Gasteiger partial charge in [0.05, 0.1) is 6.20 Å². The van der Waals surface area contributed by atoms with Crippen molar-refractivity contribution < 1.29 is 0 Å². The van der Waals surface area contributed by atoms with Crippen LogP contribution in [0.5, 0.6) is 0 Å². The van der Waals surface area contributed by atoms with Gasteiger partial charge in [0.25, 0.3) is 0 Å². The Morgan fingerprint density at radius 3 is 2.38 bits per heavy atom. The smallest absolute Gasteiger partial charge is 0.0521 e. The first-order chi connectivity index (χ1) is 10.3. The van der Waals surface area contributed by atoms with Gasteiger partial charge < -0.3 is 5.32 Å². The van der Waals surface area contributed by atoms with E-state index in [0.717, 1.165) is 13.0 Å². The van der Waals surface area contributed by atoms with Crippen LogP contribution in [0.4, 0.5) is 0 Å². The molecule has 0 aliphatic carbocycles. The molecular weight excluding hydrogens is 258 g/mol. The topological polar surface area (TPSA) is 29.9 Å².